The van der Waals surface area contributed by atoms with Crippen molar-refractivity contribution in [3.05, 3.63) is 59.4 Å². The van der Waals surface area contributed by atoms with Crippen molar-refractivity contribution in [2.45, 2.75) is 116 Å². The summed E-state index contributed by atoms with van der Waals surface area (Å²) in [5.41, 5.74) is 4.31. The second kappa shape index (κ2) is 11.7. The Balaban J connectivity index is 1.43. The molecule has 0 atom stereocenters. The quantitative estimate of drug-likeness (QED) is 0.320. The van der Waals surface area contributed by atoms with Crippen molar-refractivity contribution in [1.82, 2.24) is 14.5 Å². The summed E-state index contributed by atoms with van der Waals surface area (Å²) in [6, 6.07) is 15.4. The van der Waals surface area contributed by atoms with E-state index in [2.05, 4.69) is 54.5 Å². The van der Waals surface area contributed by atoms with Crippen LogP contribution in [0.4, 0.5) is 0 Å². The van der Waals surface area contributed by atoms with Crippen LogP contribution in [0.3, 0.4) is 0 Å². The number of carbonyl (C=O) groups is 1. The van der Waals surface area contributed by atoms with E-state index >= 15 is 0 Å². The fourth-order valence-corrected chi connectivity index (χ4v) is 6.44. The first kappa shape index (κ1) is 25.8. The van der Waals surface area contributed by atoms with Crippen LogP contribution in [0.25, 0.3) is 11.0 Å². The largest absolute Gasteiger partial charge is 0.485 e. The molecule has 0 spiro atoms. The van der Waals surface area contributed by atoms with Crippen molar-refractivity contribution in [3.8, 4) is 5.75 Å². The van der Waals surface area contributed by atoms with E-state index in [9.17, 15) is 4.79 Å². The number of nitrogens with zero attached hydrogens (tertiary/aromatic N) is 3. The highest BCUT2D eigenvalue weighted by Gasteiger charge is 2.33. The van der Waals surface area contributed by atoms with Crippen LogP contribution >= 0.6 is 0 Å². The molecule has 5 nitrogen and oxygen atoms in total. The summed E-state index contributed by atoms with van der Waals surface area (Å²) < 4.78 is 8.51. The minimum Gasteiger partial charge on any atom is -0.485 e. The van der Waals surface area contributed by atoms with Crippen molar-refractivity contribution < 1.29 is 9.53 Å². The average Bonchev–Trinajstić information content (AvgIpc) is 3.26. The number of hydrogen-bond donors (Lipinski definition) is 0. The SMILES string of the molecule is Cc1ccc(C(C)C)c(OCc2nc3ccccc3n2CC(=O)N(C2CCCCC2)C2CCCCC2)c1. The molecule has 0 N–H and O–H groups in total. The lowest BCUT2D eigenvalue weighted by molar-refractivity contribution is -0.138. The van der Waals surface area contributed by atoms with Gasteiger partial charge in [-0.15, -0.1) is 0 Å². The summed E-state index contributed by atoms with van der Waals surface area (Å²) >= 11 is 0. The number of ether oxygens (including phenoxy) is 1. The predicted molar refractivity (Wildman–Crippen MR) is 150 cm³/mol. The van der Waals surface area contributed by atoms with Gasteiger partial charge in [-0.1, -0.05) is 76.6 Å². The topological polar surface area (TPSA) is 47.4 Å². The third-order valence-electron chi connectivity index (χ3n) is 8.40. The third kappa shape index (κ3) is 5.86. The van der Waals surface area contributed by atoms with E-state index in [-0.39, 0.29) is 5.91 Å². The Bertz CT molecular complexity index is 1180. The van der Waals surface area contributed by atoms with Crippen LogP contribution in [0.5, 0.6) is 5.75 Å². The molecule has 198 valence electrons. The van der Waals surface area contributed by atoms with Gasteiger partial charge in [-0.3, -0.25) is 4.79 Å². The van der Waals surface area contributed by atoms with Gasteiger partial charge in [-0.05, 0) is 67.9 Å². The maximum Gasteiger partial charge on any atom is 0.243 e. The van der Waals surface area contributed by atoms with E-state index in [1.165, 1.54) is 49.7 Å². The fraction of sp³-hybridized carbons (Fsp3) is 0.562. The van der Waals surface area contributed by atoms with E-state index < -0.39 is 0 Å². The number of imidazole rings is 1. The first-order chi connectivity index (χ1) is 18.0. The number of para-hydroxylation sites is 2. The van der Waals surface area contributed by atoms with Crippen molar-refractivity contribution in [1.29, 1.82) is 0 Å². The molecule has 0 unspecified atom stereocenters. The van der Waals surface area contributed by atoms with E-state index in [1.54, 1.807) is 0 Å². The second-order valence-electron chi connectivity index (χ2n) is 11.5. The summed E-state index contributed by atoms with van der Waals surface area (Å²) in [7, 11) is 0. The van der Waals surface area contributed by atoms with Crippen LogP contribution in [0.2, 0.25) is 0 Å². The first-order valence-corrected chi connectivity index (χ1v) is 14.5. The fourth-order valence-electron chi connectivity index (χ4n) is 6.44. The van der Waals surface area contributed by atoms with Crippen LogP contribution in [0.15, 0.2) is 42.5 Å². The number of aryl methyl sites for hydroxylation is 1. The minimum absolute atomic E-state index is 0.252. The molecule has 5 heteroatoms. The van der Waals surface area contributed by atoms with Gasteiger partial charge >= 0.3 is 0 Å². The molecule has 0 saturated heterocycles. The summed E-state index contributed by atoms with van der Waals surface area (Å²) in [6.45, 7) is 7.15. The van der Waals surface area contributed by atoms with E-state index in [1.807, 2.05) is 18.2 Å². The lowest BCUT2D eigenvalue weighted by atomic mass is 9.88. The molecular formula is C32H43N3O2. The van der Waals surface area contributed by atoms with Gasteiger partial charge in [0.15, 0.2) is 0 Å². The van der Waals surface area contributed by atoms with Crippen molar-refractivity contribution >= 4 is 16.9 Å². The molecular weight excluding hydrogens is 458 g/mol. The molecule has 2 aromatic carbocycles. The standard InChI is InChI=1S/C32H43N3O2/c1-23(2)27-19-18-24(3)20-30(27)37-22-31-33-28-16-10-11-17-29(28)34(31)21-32(36)35(25-12-6-4-7-13-25)26-14-8-5-9-15-26/h10-11,16-20,23,25-26H,4-9,12-15,21-22H2,1-3H3. The summed E-state index contributed by atoms with van der Waals surface area (Å²) in [4.78, 5) is 21.3. The molecule has 2 fully saturated rings. The smallest absolute Gasteiger partial charge is 0.243 e. The van der Waals surface area contributed by atoms with E-state index in [4.69, 9.17) is 9.72 Å². The van der Waals surface area contributed by atoms with E-state index in [0.717, 1.165) is 48.3 Å². The van der Waals surface area contributed by atoms with Gasteiger partial charge in [-0.25, -0.2) is 4.98 Å². The first-order valence-electron chi connectivity index (χ1n) is 14.5. The Kier molecular flexibility index (Phi) is 8.17. The normalized spacial score (nSPS) is 17.4. The molecule has 0 radical (unpaired) electrons. The Hall–Kier alpha value is -2.82. The summed E-state index contributed by atoms with van der Waals surface area (Å²) in [5, 5.41) is 0. The van der Waals surface area contributed by atoms with Crippen molar-refractivity contribution in [2.75, 3.05) is 0 Å². The summed E-state index contributed by atoms with van der Waals surface area (Å²) in [5.74, 6) is 2.35. The lowest BCUT2D eigenvalue weighted by Crippen LogP contribution is -2.50. The molecule has 0 bridgehead atoms. The van der Waals surface area contributed by atoms with Crippen molar-refractivity contribution in [2.24, 2.45) is 0 Å². The molecule has 2 aliphatic carbocycles. The van der Waals surface area contributed by atoms with Gasteiger partial charge in [0.25, 0.3) is 0 Å². The highest BCUT2D eigenvalue weighted by Crippen LogP contribution is 2.32. The zero-order valence-electron chi connectivity index (χ0n) is 22.9. The number of amides is 1. The zero-order chi connectivity index (χ0) is 25.8. The number of hydrogen-bond acceptors (Lipinski definition) is 3. The number of rotatable bonds is 8. The van der Waals surface area contributed by atoms with Crippen LogP contribution in [-0.2, 0) is 17.9 Å². The van der Waals surface area contributed by atoms with Crippen LogP contribution in [-0.4, -0.2) is 32.4 Å². The molecule has 2 saturated carbocycles. The highest BCUT2D eigenvalue weighted by molar-refractivity contribution is 5.81. The van der Waals surface area contributed by atoms with Gasteiger partial charge < -0.3 is 14.2 Å². The van der Waals surface area contributed by atoms with Gasteiger partial charge in [0.05, 0.1) is 11.0 Å². The molecule has 0 aliphatic heterocycles. The molecule has 1 heterocycles. The Morgan fingerprint density at radius 1 is 0.973 bits per heavy atom. The lowest BCUT2D eigenvalue weighted by Gasteiger charge is -2.42. The van der Waals surface area contributed by atoms with Crippen LogP contribution < -0.4 is 4.74 Å². The predicted octanol–water partition coefficient (Wildman–Crippen LogP) is 7.54. The Morgan fingerprint density at radius 2 is 1.62 bits per heavy atom. The monoisotopic (exact) mass is 501 g/mol. The Morgan fingerprint density at radius 3 is 2.27 bits per heavy atom. The van der Waals surface area contributed by atoms with Gasteiger partial charge in [0, 0.05) is 12.1 Å². The Labute approximate surface area is 222 Å². The molecule has 37 heavy (non-hydrogen) atoms. The highest BCUT2D eigenvalue weighted by atomic mass is 16.5. The molecule has 1 aromatic heterocycles. The molecule has 5 rings (SSSR count). The van der Waals surface area contributed by atoms with E-state index in [0.29, 0.717) is 31.2 Å². The number of carbonyl (C=O) groups excluding carboxylic acids is 1. The van der Waals surface area contributed by atoms with Gasteiger partial charge in [0.1, 0.15) is 24.7 Å². The number of aromatic nitrogens is 2. The van der Waals surface area contributed by atoms with Gasteiger partial charge in [0.2, 0.25) is 5.91 Å². The second-order valence-corrected chi connectivity index (χ2v) is 11.5. The van der Waals surface area contributed by atoms with Crippen LogP contribution in [0, 0.1) is 6.92 Å². The summed E-state index contributed by atoms with van der Waals surface area (Å²) in [6.07, 6.45) is 12.1. The third-order valence-corrected chi connectivity index (χ3v) is 8.40. The molecule has 3 aromatic rings. The molecule has 2 aliphatic rings. The number of benzene rings is 2. The van der Waals surface area contributed by atoms with Crippen LogP contribution in [0.1, 0.15) is 101 Å². The maximum absolute atomic E-state index is 14.1. The number of fused-ring (bicyclic) bond motifs is 1. The van der Waals surface area contributed by atoms with Crippen molar-refractivity contribution in [3.63, 3.8) is 0 Å². The zero-order valence-corrected chi connectivity index (χ0v) is 22.9. The maximum atomic E-state index is 14.1. The minimum atomic E-state index is 0.252. The van der Waals surface area contributed by atoms with Gasteiger partial charge in [-0.2, -0.15) is 0 Å². The average molecular weight is 502 g/mol. The molecule has 1 amide bonds.